The molecule has 4 rings (SSSR count). The SMILES string of the molecule is FC(F)(F)c1cc(C2CC2)c2c(n1)nn1cccnc21. The molecule has 4 nitrogen and oxygen atoms in total. The predicted octanol–water partition coefficient (Wildman–Crippen LogP) is 3.17. The lowest BCUT2D eigenvalue weighted by atomic mass is 10.1. The zero-order chi connectivity index (χ0) is 13.9. The molecule has 0 N–H and O–H groups in total. The van der Waals surface area contributed by atoms with Crippen molar-refractivity contribution in [1.29, 1.82) is 0 Å². The molecule has 3 heterocycles. The van der Waals surface area contributed by atoms with E-state index in [0.717, 1.165) is 18.9 Å². The Morgan fingerprint density at radius 1 is 1.25 bits per heavy atom. The molecule has 102 valence electrons. The van der Waals surface area contributed by atoms with Crippen molar-refractivity contribution in [2.75, 3.05) is 0 Å². The van der Waals surface area contributed by atoms with Crippen molar-refractivity contribution < 1.29 is 13.2 Å². The second kappa shape index (κ2) is 3.68. The summed E-state index contributed by atoms with van der Waals surface area (Å²) in [4.78, 5) is 7.87. The van der Waals surface area contributed by atoms with Crippen LogP contribution in [0.15, 0.2) is 24.5 Å². The van der Waals surface area contributed by atoms with Crippen molar-refractivity contribution >= 4 is 16.7 Å². The van der Waals surface area contributed by atoms with Gasteiger partial charge in [0.1, 0.15) is 5.69 Å². The van der Waals surface area contributed by atoms with E-state index in [0.29, 0.717) is 16.6 Å². The Kier molecular flexibility index (Phi) is 2.14. The van der Waals surface area contributed by atoms with Gasteiger partial charge in [-0.2, -0.15) is 13.2 Å². The summed E-state index contributed by atoms with van der Waals surface area (Å²) in [6.07, 6.45) is 0.612. The number of nitrogens with zero attached hydrogens (tertiary/aromatic N) is 4. The number of hydrogen-bond donors (Lipinski definition) is 0. The van der Waals surface area contributed by atoms with Crippen molar-refractivity contribution in [1.82, 2.24) is 19.6 Å². The van der Waals surface area contributed by atoms with Crippen LogP contribution < -0.4 is 0 Å². The maximum atomic E-state index is 12.9. The van der Waals surface area contributed by atoms with Gasteiger partial charge >= 0.3 is 6.18 Å². The van der Waals surface area contributed by atoms with E-state index >= 15 is 0 Å². The van der Waals surface area contributed by atoms with Crippen molar-refractivity contribution in [3.63, 3.8) is 0 Å². The van der Waals surface area contributed by atoms with Crippen LogP contribution in [0.4, 0.5) is 13.2 Å². The summed E-state index contributed by atoms with van der Waals surface area (Å²) in [5.41, 5.74) is 0.456. The van der Waals surface area contributed by atoms with E-state index in [1.165, 1.54) is 4.52 Å². The molecule has 20 heavy (non-hydrogen) atoms. The summed E-state index contributed by atoms with van der Waals surface area (Å²) in [7, 11) is 0. The average Bonchev–Trinajstić information content (AvgIpc) is 3.17. The monoisotopic (exact) mass is 278 g/mol. The van der Waals surface area contributed by atoms with Gasteiger partial charge < -0.3 is 0 Å². The van der Waals surface area contributed by atoms with Gasteiger partial charge in [0.05, 0.1) is 5.39 Å². The first-order chi connectivity index (χ1) is 9.54. The molecular weight excluding hydrogens is 269 g/mol. The molecule has 0 bridgehead atoms. The lowest BCUT2D eigenvalue weighted by Gasteiger charge is -2.08. The minimum absolute atomic E-state index is 0.112. The fourth-order valence-electron chi connectivity index (χ4n) is 2.44. The molecule has 0 radical (unpaired) electrons. The molecule has 3 aromatic rings. The summed E-state index contributed by atoms with van der Waals surface area (Å²) in [6.45, 7) is 0. The van der Waals surface area contributed by atoms with Gasteiger partial charge in [0.2, 0.25) is 0 Å². The van der Waals surface area contributed by atoms with Gasteiger partial charge in [-0.1, -0.05) is 0 Å². The maximum Gasteiger partial charge on any atom is 0.433 e. The molecule has 0 aliphatic heterocycles. The van der Waals surface area contributed by atoms with Crippen LogP contribution in [0.3, 0.4) is 0 Å². The Balaban J connectivity index is 2.11. The van der Waals surface area contributed by atoms with E-state index < -0.39 is 11.9 Å². The van der Waals surface area contributed by atoms with Gasteiger partial charge in [0.15, 0.2) is 11.3 Å². The van der Waals surface area contributed by atoms with E-state index in [1.807, 2.05) is 0 Å². The number of fused-ring (bicyclic) bond motifs is 3. The van der Waals surface area contributed by atoms with E-state index in [9.17, 15) is 13.2 Å². The van der Waals surface area contributed by atoms with Gasteiger partial charge in [0.25, 0.3) is 0 Å². The van der Waals surface area contributed by atoms with Crippen LogP contribution in [-0.2, 0) is 6.18 Å². The third-order valence-corrected chi connectivity index (χ3v) is 3.49. The summed E-state index contributed by atoms with van der Waals surface area (Å²) < 4.78 is 40.2. The van der Waals surface area contributed by atoms with Gasteiger partial charge in [0, 0.05) is 12.4 Å². The number of alkyl halides is 3. The smallest absolute Gasteiger partial charge is 0.236 e. The fraction of sp³-hybridized carbons (Fsp3) is 0.308. The van der Waals surface area contributed by atoms with Crippen LogP contribution in [0.2, 0.25) is 0 Å². The van der Waals surface area contributed by atoms with Crippen molar-refractivity contribution in [3.05, 3.63) is 35.8 Å². The first-order valence-corrected chi connectivity index (χ1v) is 6.25. The molecule has 1 saturated carbocycles. The van der Waals surface area contributed by atoms with Crippen LogP contribution in [0, 0.1) is 0 Å². The normalized spacial score (nSPS) is 16.1. The van der Waals surface area contributed by atoms with Crippen molar-refractivity contribution in [2.24, 2.45) is 0 Å². The zero-order valence-electron chi connectivity index (χ0n) is 10.2. The highest BCUT2D eigenvalue weighted by molar-refractivity contribution is 5.93. The van der Waals surface area contributed by atoms with Crippen LogP contribution in [0.5, 0.6) is 0 Å². The van der Waals surface area contributed by atoms with Gasteiger partial charge in [-0.15, -0.1) is 5.10 Å². The number of pyridine rings is 1. The Hall–Kier alpha value is -2.18. The largest absolute Gasteiger partial charge is 0.433 e. The molecule has 0 amide bonds. The Bertz CT molecular complexity index is 817. The van der Waals surface area contributed by atoms with Crippen LogP contribution >= 0.6 is 0 Å². The molecule has 1 aliphatic rings. The fourth-order valence-corrected chi connectivity index (χ4v) is 2.44. The molecule has 0 aromatic carbocycles. The van der Waals surface area contributed by atoms with Crippen molar-refractivity contribution in [2.45, 2.75) is 24.9 Å². The molecule has 1 aliphatic carbocycles. The molecule has 0 atom stereocenters. The van der Waals surface area contributed by atoms with Gasteiger partial charge in [-0.25, -0.2) is 14.5 Å². The average molecular weight is 278 g/mol. The first-order valence-electron chi connectivity index (χ1n) is 6.25. The standard InChI is InChI=1S/C13H9F3N4/c14-13(15,16)9-6-8(7-2-3-7)10-11(18-9)19-20-5-1-4-17-12(10)20/h1,4-7H,2-3H2. The minimum Gasteiger partial charge on any atom is -0.236 e. The quantitative estimate of drug-likeness (QED) is 0.686. The Morgan fingerprint density at radius 3 is 2.75 bits per heavy atom. The first kappa shape index (κ1) is 11.6. The Morgan fingerprint density at radius 2 is 2.05 bits per heavy atom. The lowest BCUT2D eigenvalue weighted by Crippen LogP contribution is -2.09. The number of halogens is 3. The number of aromatic nitrogens is 4. The molecule has 3 aromatic heterocycles. The third-order valence-electron chi connectivity index (χ3n) is 3.49. The molecule has 0 saturated heterocycles. The van der Waals surface area contributed by atoms with E-state index in [-0.39, 0.29) is 11.6 Å². The lowest BCUT2D eigenvalue weighted by molar-refractivity contribution is -0.141. The minimum atomic E-state index is -4.46. The van der Waals surface area contributed by atoms with E-state index in [4.69, 9.17) is 0 Å². The summed E-state index contributed by atoms with van der Waals surface area (Å²) in [5.74, 6) is 0.164. The molecule has 0 spiro atoms. The van der Waals surface area contributed by atoms with Gasteiger partial charge in [-0.3, -0.25) is 0 Å². The molecular formula is C13H9F3N4. The van der Waals surface area contributed by atoms with Crippen molar-refractivity contribution in [3.8, 4) is 0 Å². The summed E-state index contributed by atoms with van der Waals surface area (Å²) >= 11 is 0. The van der Waals surface area contributed by atoms with E-state index in [2.05, 4.69) is 15.1 Å². The number of rotatable bonds is 1. The second-order valence-electron chi connectivity index (χ2n) is 4.96. The molecule has 0 unspecified atom stereocenters. The highest BCUT2D eigenvalue weighted by atomic mass is 19.4. The number of hydrogen-bond acceptors (Lipinski definition) is 3. The van der Waals surface area contributed by atoms with Crippen LogP contribution in [-0.4, -0.2) is 19.6 Å². The molecule has 1 fully saturated rings. The summed E-state index contributed by atoms with van der Waals surface area (Å²) in [6, 6.07) is 2.83. The van der Waals surface area contributed by atoms with Crippen LogP contribution in [0.1, 0.15) is 30.0 Å². The predicted molar refractivity (Wildman–Crippen MR) is 65.3 cm³/mol. The van der Waals surface area contributed by atoms with E-state index in [1.54, 1.807) is 18.5 Å². The van der Waals surface area contributed by atoms with Gasteiger partial charge in [-0.05, 0) is 36.5 Å². The zero-order valence-corrected chi connectivity index (χ0v) is 10.2. The summed E-state index contributed by atoms with van der Waals surface area (Å²) in [5, 5.41) is 4.74. The maximum absolute atomic E-state index is 12.9. The topological polar surface area (TPSA) is 43.1 Å². The molecule has 7 heteroatoms. The van der Waals surface area contributed by atoms with Crippen LogP contribution in [0.25, 0.3) is 16.7 Å². The highest BCUT2D eigenvalue weighted by Gasteiger charge is 2.36. The third kappa shape index (κ3) is 1.65. The Labute approximate surface area is 111 Å². The second-order valence-corrected chi connectivity index (χ2v) is 4.96. The highest BCUT2D eigenvalue weighted by Crippen LogP contribution is 2.45.